The molecule has 10 nitrogen and oxygen atoms in total. The van der Waals surface area contributed by atoms with Gasteiger partial charge in [0.15, 0.2) is 18.1 Å². The highest BCUT2D eigenvalue weighted by Gasteiger charge is 2.45. The number of carbonyl (C=O) groups excluding carboxylic acids is 1. The van der Waals surface area contributed by atoms with Crippen molar-refractivity contribution in [2.24, 2.45) is 23.7 Å². The van der Waals surface area contributed by atoms with E-state index in [1.807, 2.05) is 12.1 Å². The van der Waals surface area contributed by atoms with Crippen molar-refractivity contribution in [3.63, 3.8) is 0 Å². The molecule has 0 spiro atoms. The van der Waals surface area contributed by atoms with Gasteiger partial charge in [-0.25, -0.2) is 4.79 Å². The van der Waals surface area contributed by atoms with Gasteiger partial charge in [-0.05, 0) is 110 Å². The van der Waals surface area contributed by atoms with E-state index in [-0.39, 0.29) is 57.5 Å². The third kappa shape index (κ3) is 11.6. The second kappa shape index (κ2) is 19.7. The summed E-state index contributed by atoms with van der Waals surface area (Å²) >= 11 is 12.0. The molecule has 3 aromatic rings. The Morgan fingerprint density at radius 2 is 1.76 bits per heavy atom. The number of ether oxygens (including phenoxy) is 3. The molecule has 4 N–H and O–H groups in total. The first-order valence-electron chi connectivity index (χ1n) is 18.6. The number of halogens is 4. The summed E-state index contributed by atoms with van der Waals surface area (Å²) in [6.07, 6.45) is 12.6. The molecular weight excluding hydrogens is 745 g/mol. The first-order valence-corrected chi connectivity index (χ1v) is 19.3. The van der Waals surface area contributed by atoms with Crippen molar-refractivity contribution < 1.29 is 47.9 Å². The topological polar surface area (TPSA) is 147 Å². The Hall–Kier alpha value is -3.71. The number of amides is 1. The molecule has 3 aliphatic carbocycles. The van der Waals surface area contributed by atoms with Gasteiger partial charge in [-0.1, -0.05) is 61.5 Å². The quantitative estimate of drug-likeness (QED) is 0.0987. The van der Waals surface area contributed by atoms with E-state index in [1.54, 1.807) is 0 Å². The fraction of sp³-hybridized carbons (Fsp3) is 0.525. The largest absolute Gasteiger partial charge is 0.489 e. The molecule has 2 saturated carbocycles. The first kappa shape index (κ1) is 41.5. The molecule has 294 valence electrons. The number of carbonyl (C=O) groups is 2. The SMILES string of the molecule is CCCCC[C@H](O)CC[C@@H]1[C@H]2Cc3cccc(OCC(=O)O)c3C[C@H]2C[C@H]1O.O=C(Nc1c(Cl)cncc1Cl)c1ccc(OC(F)F)c(OCC2CC2)c1. The van der Waals surface area contributed by atoms with Gasteiger partial charge in [0.05, 0.1) is 34.5 Å². The highest BCUT2D eigenvalue weighted by atomic mass is 35.5. The summed E-state index contributed by atoms with van der Waals surface area (Å²) in [5.74, 6) is 0.597. The number of aliphatic hydroxyl groups is 2. The van der Waals surface area contributed by atoms with Gasteiger partial charge in [0.1, 0.15) is 5.75 Å². The molecule has 0 unspecified atom stereocenters. The predicted octanol–water partition coefficient (Wildman–Crippen LogP) is 8.61. The van der Waals surface area contributed by atoms with Crippen LogP contribution in [0.2, 0.25) is 10.0 Å². The Morgan fingerprint density at radius 3 is 2.44 bits per heavy atom. The number of hydrogen-bond acceptors (Lipinski definition) is 8. The van der Waals surface area contributed by atoms with Crippen LogP contribution in [-0.4, -0.2) is 64.2 Å². The standard InChI is InChI=1S/C23H34O5.C17H14Cl2F2N2O3/c1-2-3-4-7-17(24)9-10-18-19-11-15-6-5-8-22(28-14-23(26)27)20(15)12-16(19)13-21(18)25;18-11-6-22-7-12(19)15(11)23-16(24)10-3-4-13(26-17(20)21)14(5-10)25-8-9-1-2-9/h5-6,8,16-19,21,24-25H,2-4,7,9-14H2,1H3,(H,26,27);3-7,9,17H,1-2,8H2,(H,22,23,24)/t16-,17-,18+,19-,21+;/m0./s1. The molecule has 54 heavy (non-hydrogen) atoms. The lowest BCUT2D eigenvalue weighted by Crippen LogP contribution is -2.28. The van der Waals surface area contributed by atoms with E-state index in [0.717, 1.165) is 76.2 Å². The number of anilines is 1. The number of pyridine rings is 1. The molecular formula is C40H48Cl2F2N2O8. The van der Waals surface area contributed by atoms with E-state index in [2.05, 4.69) is 28.0 Å². The molecule has 0 saturated heterocycles. The van der Waals surface area contributed by atoms with Crippen molar-refractivity contribution in [1.82, 2.24) is 4.98 Å². The van der Waals surface area contributed by atoms with E-state index in [4.69, 9.17) is 37.8 Å². The molecule has 14 heteroatoms. The van der Waals surface area contributed by atoms with Gasteiger partial charge in [-0.3, -0.25) is 9.78 Å². The second-order valence-electron chi connectivity index (χ2n) is 14.3. The number of unbranched alkanes of at least 4 members (excludes halogenated alkanes) is 2. The summed E-state index contributed by atoms with van der Waals surface area (Å²) < 4.78 is 40.6. The number of alkyl halides is 2. The number of carboxylic acid groups (broad SMARTS) is 1. The van der Waals surface area contributed by atoms with Crippen LogP contribution in [0, 0.1) is 23.7 Å². The third-order valence-corrected chi connectivity index (χ3v) is 10.9. The van der Waals surface area contributed by atoms with Crippen LogP contribution >= 0.6 is 23.2 Å². The minimum Gasteiger partial charge on any atom is -0.489 e. The third-order valence-electron chi connectivity index (χ3n) is 10.4. The molecule has 0 bridgehead atoms. The zero-order chi connectivity index (χ0) is 38.8. The van der Waals surface area contributed by atoms with Gasteiger partial charge < -0.3 is 34.8 Å². The maximum Gasteiger partial charge on any atom is 0.387 e. The molecule has 1 heterocycles. The average molecular weight is 794 g/mol. The number of aliphatic hydroxyl groups excluding tert-OH is 2. The number of aromatic nitrogens is 1. The normalized spacial score (nSPS) is 20.6. The zero-order valence-electron chi connectivity index (χ0n) is 30.2. The Bertz CT molecular complexity index is 1710. The number of carboxylic acids is 1. The summed E-state index contributed by atoms with van der Waals surface area (Å²) in [6.45, 7) is -0.772. The lowest BCUT2D eigenvalue weighted by atomic mass is 9.73. The maximum atomic E-state index is 12.6. The average Bonchev–Trinajstić information content (AvgIpc) is 3.91. The van der Waals surface area contributed by atoms with Gasteiger partial charge in [-0.15, -0.1) is 0 Å². The molecule has 2 fully saturated rings. The molecule has 0 aliphatic heterocycles. The fourth-order valence-corrected chi connectivity index (χ4v) is 7.86. The van der Waals surface area contributed by atoms with E-state index in [1.165, 1.54) is 36.2 Å². The Balaban J connectivity index is 0.000000208. The van der Waals surface area contributed by atoms with Crippen LogP contribution < -0.4 is 19.5 Å². The van der Waals surface area contributed by atoms with E-state index < -0.39 is 18.5 Å². The second-order valence-corrected chi connectivity index (χ2v) is 15.1. The predicted molar refractivity (Wildman–Crippen MR) is 201 cm³/mol. The number of nitrogens with one attached hydrogen (secondary N) is 1. The van der Waals surface area contributed by atoms with Crippen LogP contribution in [-0.2, 0) is 17.6 Å². The smallest absolute Gasteiger partial charge is 0.387 e. The number of hydrogen-bond donors (Lipinski definition) is 4. The van der Waals surface area contributed by atoms with Crippen LogP contribution in [0.5, 0.6) is 17.2 Å². The molecule has 2 aromatic carbocycles. The monoisotopic (exact) mass is 792 g/mol. The van der Waals surface area contributed by atoms with Crippen molar-refractivity contribution in [1.29, 1.82) is 0 Å². The van der Waals surface area contributed by atoms with Crippen LogP contribution in [0.25, 0.3) is 0 Å². The lowest BCUT2D eigenvalue weighted by molar-refractivity contribution is -0.139. The fourth-order valence-electron chi connectivity index (χ4n) is 7.40. The molecule has 3 aliphatic rings. The van der Waals surface area contributed by atoms with E-state index >= 15 is 0 Å². The Labute approximate surface area is 324 Å². The summed E-state index contributed by atoms with van der Waals surface area (Å²) in [5, 5.41) is 32.8. The van der Waals surface area contributed by atoms with Crippen molar-refractivity contribution >= 4 is 40.8 Å². The summed E-state index contributed by atoms with van der Waals surface area (Å²) in [6, 6.07) is 9.82. The molecule has 1 aromatic heterocycles. The van der Waals surface area contributed by atoms with Gasteiger partial charge in [0.25, 0.3) is 5.91 Å². The van der Waals surface area contributed by atoms with Crippen LogP contribution in [0.4, 0.5) is 14.5 Å². The minimum absolute atomic E-state index is 0.0803. The van der Waals surface area contributed by atoms with Gasteiger partial charge >= 0.3 is 12.6 Å². The van der Waals surface area contributed by atoms with Crippen molar-refractivity contribution in [3.05, 3.63) is 75.5 Å². The molecule has 6 rings (SSSR count). The maximum absolute atomic E-state index is 12.6. The highest BCUT2D eigenvalue weighted by Crippen LogP contribution is 2.48. The van der Waals surface area contributed by atoms with E-state index in [9.17, 15) is 28.6 Å². The summed E-state index contributed by atoms with van der Waals surface area (Å²) in [7, 11) is 0. The first-order chi connectivity index (χ1) is 25.9. The summed E-state index contributed by atoms with van der Waals surface area (Å²) in [5.41, 5.74) is 2.72. The van der Waals surface area contributed by atoms with Crippen LogP contribution in [0.3, 0.4) is 0 Å². The Morgan fingerprint density at radius 1 is 1.00 bits per heavy atom. The number of nitrogens with zero attached hydrogens (tertiary/aromatic N) is 1. The number of fused-ring (bicyclic) bond motifs is 2. The molecule has 1 amide bonds. The highest BCUT2D eigenvalue weighted by molar-refractivity contribution is 6.39. The summed E-state index contributed by atoms with van der Waals surface area (Å²) in [4.78, 5) is 27.1. The minimum atomic E-state index is -2.99. The van der Waals surface area contributed by atoms with Gasteiger partial charge in [0, 0.05) is 18.0 Å². The number of benzene rings is 2. The van der Waals surface area contributed by atoms with Crippen molar-refractivity contribution in [2.45, 2.75) is 96.4 Å². The van der Waals surface area contributed by atoms with E-state index in [0.29, 0.717) is 30.1 Å². The number of rotatable bonds is 17. The Kier molecular flexibility index (Phi) is 15.2. The van der Waals surface area contributed by atoms with Gasteiger partial charge in [-0.2, -0.15) is 8.78 Å². The van der Waals surface area contributed by atoms with Crippen molar-refractivity contribution in [3.8, 4) is 17.2 Å². The van der Waals surface area contributed by atoms with Crippen LogP contribution in [0.15, 0.2) is 48.8 Å². The molecule has 0 radical (unpaired) electrons. The van der Waals surface area contributed by atoms with Crippen molar-refractivity contribution in [2.75, 3.05) is 18.5 Å². The lowest BCUT2D eigenvalue weighted by Gasteiger charge is -2.32. The van der Waals surface area contributed by atoms with Gasteiger partial charge in [0.2, 0.25) is 0 Å². The zero-order valence-corrected chi connectivity index (χ0v) is 31.7. The van der Waals surface area contributed by atoms with Crippen LogP contribution in [0.1, 0.15) is 86.2 Å². The number of aliphatic carboxylic acids is 1. The molecule has 5 atom stereocenters.